The molecule has 2 aromatic rings. The van der Waals surface area contributed by atoms with Crippen LogP contribution in [0.15, 0.2) is 6.07 Å². The quantitative estimate of drug-likeness (QED) is 0.830. The van der Waals surface area contributed by atoms with Crippen molar-refractivity contribution in [3.63, 3.8) is 0 Å². The van der Waals surface area contributed by atoms with Gasteiger partial charge in [0.15, 0.2) is 0 Å². The van der Waals surface area contributed by atoms with Crippen molar-refractivity contribution in [1.82, 2.24) is 10.3 Å². The van der Waals surface area contributed by atoms with E-state index in [9.17, 15) is 0 Å². The van der Waals surface area contributed by atoms with Gasteiger partial charge < -0.3 is 5.32 Å². The molecule has 0 aliphatic heterocycles. The molecule has 4 heteroatoms. The van der Waals surface area contributed by atoms with Gasteiger partial charge in [-0.25, -0.2) is 4.98 Å². The Hall–Kier alpha value is -0.710. The molecule has 1 N–H and O–H groups in total. The van der Waals surface area contributed by atoms with Crippen molar-refractivity contribution in [3.05, 3.63) is 37.0 Å². The van der Waals surface area contributed by atoms with E-state index in [1.54, 1.807) is 0 Å². The topological polar surface area (TPSA) is 24.9 Å². The van der Waals surface area contributed by atoms with Crippen LogP contribution < -0.4 is 5.32 Å². The molecule has 0 aliphatic carbocycles. The number of hydrogen-bond donors (Lipinski definition) is 1. The van der Waals surface area contributed by atoms with Gasteiger partial charge in [0.25, 0.3) is 0 Å². The summed E-state index contributed by atoms with van der Waals surface area (Å²) in [4.78, 5) is 9.01. The fourth-order valence-electron chi connectivity index (χ4n) is 2.46. The lowest BCUT2D eigenvalue weighted by atomic mass is 10.1. The minimum absolute atomic E-state index is 0.254. The lowest BCUT2D eigenvalue weighted by Gasteiger charge is -2.16. The second-order valence-corrected chi connectivity index (χ2v) is 7.86. The summed E-state index contributed by atoms with van der Waals surface area (Å²) in [5.74, 6) is 0. The van der Waals surface area contributed by atoms with Crippen molar-refractivity contribution in [2.75, 3.05) is 6.54 Å². The van der Waals surface area contributed by atoms with Crippen LogP contribution in [0, 0.1) is 20.8 Å². The van der Waals surface area contributed by atoms with Crippen molar-refractivity contribution in [1.29, 1.82) is 0 Å². The maximum atomic E-state index is 4.87. The van der Waals surface area contributed by atoms with E-state index in [1.165, 1.54) is 30.9 Å². The molecule has 2 heterocycles. The molecule has 0 aliphatic rings. The van der Waals surface area contributed by atoms with Crippen LogP contribution in [0.3, 0.4) is 0 Å². The van der Waals surface area contributed by atoms with E-state index < -0.39 is 0 Å². The van der Waals surface area contributed by atoms with Crippen LogP contribution in [-0.2, 0) is 6.42 Å². The van der Waals surface area contributed by atoms with Crippen LogP contribution in [0.1, 0.15) is 57.2 Å². The summed E-state index contributed by atoms with van der Waals surface area (Å²) in [5, 5.41) is 4.89. The smallest absolute Gasteiger partial charge is 0.115 e. The average molecular weight is 309 g/mol. The summed E-state index contributed by atoms with van der Waals surface area (Å²) in [6, 6.07) is 2.57. The Balaban J connectivity index is 2.38. The fourth-order valence-corrected chi connectivity index (χ4v) is 4.53. The lowest BCUT2D eigenvalue weighted by molar-refractivity contribution is 0.594. The highest BCUT2D eigenvalue weighted by atomic mass is 32.1. The maximum absolute atomic E-state index is 4.87. The number of aryl methyl sites for hydroxylation is 4. The highest BCUT2D eigenvalue weighted by molar-refractivity contribution is 7.12. The number of thiazole rings is 1. The van der Waals surface area contributed by atoms with Crippen molar-refractivity contribution >= 4 is 22.7 Å². The Kier molecular flexibility index (Phi) is 5.35. The van der Waals surface area contributed by atoms with E-state index in [1.807, 2.05) is 22.7 Å². The van der Waals surface area contributed by atoms with Crippen molar-refractivity contribution in [3.8, 4) is 0 Å². The number of aromatic nitrogens is 1. The molecule has 1 atom stereocenters. The summed E-state index contributed by atoms with van der Waals surface area (Å²) >= 11 is 3.72. The lowest BCUT2D eigenvalue weighted by Crippen LogP contribution is -2.23. The molecule has 0 fully saturated rings. The van der Waals surface area contributed by atoms with Crippen molar-refractivity contribution in [2.45, 2.75) is 53.5 Å². The van der Waals surface area contributed by atoms with Crippen LogP contribution in [-0.4, -0.2) is 11.5 Å². The normalized spacial score (nSPS) is 12.8. The molecule has 0 spiro atoms. The van der Waals surface area contributed by atoms with Crippen LogP contribution in [0.4, 0.5) is 0 Å². The van der Waals surface area contributed by atoms with E-state index in [0.717, 1.165) is 19.4 Å². The van der Waals surface area contributed by atoms with E-state index in [-0.39, 0.29) is 6.04 Å². The van der Waals surface area contributed by atoms with Gasteiger partial charge in [-0.15, -0.1) is 22.7 Å². The highest BCUT2D eigenvalue weighted by Gasteiger charge is 2.21. The van der Waals surface area contributed by atoms with Crippen LogP contribution >= 0.6 is 22.7 Å². The van der Waals surface area contributed by atoms with Crippen molar-refractivity contribution in [2.24, 2.45) is 0 Å². The third-order valence-electron chi connectivity index (χ3n) is 3.48. The predicted molar refractivity (Wildman–Crippen MR) is 90.2 cm³/mol. The Morgan fingerprint density at radius 1 is 1.15 bits per heavy atom. The van der Waals surface area contributed by atoms with E-state index in [4.69, 9.17) is 4.98 Å². The summed E-state index contributed by atoms with van der Waals surface area (Å²) in [5.41, 5.74) is 2.65. The monoisotopic (exact) mass is 308 g/mol. The summed E-state index contributed by atoms with van der Waals surface area (Å²) < 4.78 is 0. The van der Waals surface area contributed by atoms with Gasteiger partial charge in [0.2, 0.25) is 0 Å². The van der Waals surface area contributed by atoms with Crippen molar-refractivity contribution < 1.29 is 0 Å². The van der Waals surface area contributed by atoms with Gasteiger partial charge in [0.05, 0.1) is 11.7 Å². The minimum Gasteiger partial charge on any atom is -0.304 e. The van der Waals surface area contributed by atoms with E-state index >= 15 is 0 Å². The first-order chi connectivity index (χ1) is 9.56. The molecule has 0 bridgehead atoms. The van der Waals surface area contributed by atoms with Crippen LogP contribution in [0.25, 0.3) is 0 Å². The number of nitrogens with zero attached hydrogens (tertiary/aromatic N) is 1. The zero-order valence-corrected chi connectivity index (χ0v) is 14.7. The molecule has 0 saturated carbocycles. The molecule has 110 valence electrons. The zero-order valence-electron chi connectivity index (χ0n) is 13.0. The molecule has 0 radical (unpaired) electrons. The SMILES string of the molecule is CCCNC(c1nc(CC)c(C)s1)c1cc(C)sc1C. The Labute approximate surface area is 130 Å². The third kappa shape index (κ3) is 3.30. The average Bonchev–Trinajstić information content (AvgIpc) is 2.93. The molecule has 0 saturated heterocycles. The largest absolute Gasteiger partial charge is 0.304 e. The molecule has 2 rings (SSSR count). The molecule has 2 nitrogen and oxygen atoms in total. The number of hydrogen-bond acceptors (Lipinski definition) is 4. The van der Waals surface area contributed by atoms with E-state index in [0.29, 0.717) is 0 Å². The first-order valence-electron chi connectivity index (χ1n) is 7.33. The Morgan fingerprint density at radius 3 is 2.40 bits per heavy atom. The molecule has 0 amide bonds. The van der Waals surface area contributed by atoms with Crippen LogP contribution in [0.5, 0.6) is 0 Å². The summed E-state index contributed by atoms with van der Waals surface area (Å²) in [6.07, 6.45) is 2.16. The molecule has 0 aromatic carbocycles. The fraction of sp³-hybridized carbons (Fsp3) is 0.562. The zero-order chi connectivity index (χ0) is 14.7. The number of rotatable bonds is 6. The maximum Gasteiger partial charge on any atom is 0.115 e. The van der Waals surface area contributed by atoms with Gasteiger partial charge in [0.1, 0.15) is 5.01 Å². The molecular formula is C16H24N2S2. The van der Waals surface area contributed by atoms with Gasteiger partial charge >= 0.3 is 0 Å². The summed E-state index contributed by atoms with van der Waals surface area (Å²) in [7, 11) is 0. The summed E-state index contributed by atoms with van der Waals surface area (Å²) in [6.45, 7) is 12.0. The number of nitrogens with one attached hydrogen (secondary N) is 1. The second-order valence-electron chi connectivity index (χ2n) is 5.16. The molecular weight excluding hydrogens is 284 g/mol. The standard InChI is InChI=1S/C16H24N2S2/c1-6-8-17-15(13-9-10(3)19-11(13)4)16-18-14(7-2)12(5)20-16/h9,15,17H,6-8H2,1-5H3. The second kappa shape index (κ2) is 6.83. The number of thiophene rings is 1. The Morgan fingerprint density at radius 2 is 1.90 bits per heavy atom. The first-order valence-corrected chi connectivity index (χ1v) is 8.96. The van der Waals surface area contributed by atoms with Gasteiger partial charge in [-0.05, 0) is 51.8 Å². The van der Waals surface area contributed by atoms with Gasteiger partial charge in [-0.2, -0.15) is 0 Å². The first kappa shape index (κ1) is 15.7. The molecule has 20 heavy (non-hydrogen) atoms. The molecule has 1 unspecified atom stereocenters. The third-order valence-corrected chi connectivity index (χ3v) is 5.54. The van der Waals surface area contributed by atoms with E-state index in [2.05, 4.69) is 46.0 Å². The minimum atomic E-state index is 0.254. The predicted octanol–water partition coefficient (Wildman–Crippen LogP) is 4.78. The molecule has 2 aromatic heterocycles. The Bertz CT molecular complexity index is 569. The van der Waals surface area contributed by atoms with Gasteiger partial charge in [-0.1, -0.05) is 13.8 Å². The van der Waals surface area contributed by atoms with Gasteiger partial charge in [-0.3, -0.25) is 0 Å². The van der Waals surface area contributed by atoms with Crippen LogP contribution in [0.2, 0.25) is 0 Å². The van der Waals surface area contributed by atoms with Gasteiger partial charge in [0, 0.05) is 14.6 Å². The highest BCUT2D eigenvalue weighted by Crippen LogP contribution is 2.33.